The Bertz CT molecular complexity index is 313. The third-order valence-corrected chi connectivity index (χ3v) is 2.76. The highest BCUT2D eigenvalue weighted by Crippen LogP contribution is 2.26. The van der Waals surface area contributed by atoms with E-state index in [9.17, 15) is 0 Å². The van der Waals surface area contributed by atoms with Crippen molar-refractivity contribution in [3.05, 3.63) is 34.2 Å². The zero-order valence-electron chi connectivity index (χ0n) is 6.82. The molecule has 1 aliphatic heterocycles. The van der Waals surface area contributed by atoms with Gasteiger partial charge in [-0.1, -0.05) is 0 Å². The molecule has 0 bridgehead atoms. The maximum Gasteiger partial charge on any atom is 0.0975 e. The molecule has 1 aliphatic rings. The Kier molecular flexibility index (Phi) is 1.96. The highest BCUT2D eigenvalue weighted by Gasteiger charge is 2.10. The molecule has 0 aromatic carbocycles. The van der Waals surface area contributed by atoms with Gasteiger partial charge in [-0.15, -0.1) is 11.3 Å². The van der Waals surface area contributed by atoms with E-state index < -0.39 is 0 Å². The molecule has 0 spiro atoms. The van der Waals surface area contributed by atoms with Gasteiger partial charge in [0.1, 0.15) is 0 Å². The molecular formula is C9H10N2S. The number of hydrogen-bond acceptors (Lipinski definition) is 3. The number of rotatable bonds is 1. The topological polar surface area (TPSA) is 24.4 Å². The first-order chi connectivity index (χ1) is 5.88. The standard InChI is InChI=1S/C9H10N2S/c1-7-8(3-5-12-7)9-2-4-10-6-11-9/h2-6,9H,1H3,(H,10,11)/t9-/m0/s1. The van der Waals surface area contributed by atoms with Crippen molar-refractivity contribution in [2.45, 2.75) is 13.0 Å². The molecule has 1 aromatic heterocycles. The van der Waals surface area contributed by atoms with E-state index in [4.69, 9.17) is 0 Å². The average molecular weight is 178 g/mol. The van der Waals surface area contributed by atoms with E-state index in [1.165, 1.54) is 10.4 Å². The van der Waals surface area contributed by atoms with Gasteiger partial charge in [-0.2, -0.15) is 0 Å². The molecule has 1 atom stereocenters. The fraction of sp³-hybridized carbons (Fsp3) is 0.222. The molecule has 0 saturated carbocycles. The summed E-state index contributed by atoms with van der Waals surface area (Å²) in [5.74, 6) is 0. The van der Waals surface area contributed by atoms with Crippen LogP contribution in [0.1, 0.15) is 16.5 Å². The molecule has 62 valence electrons. The van der Waals surface area contributed by atoms with Gasteiger partial charge in [-0.05, 0) is 30.0 Å². The molecule has 0 saturated heterocycles. The molecule has 0 aliphatic carbocycles. The van der Waals surface area contributed by atoms with Crippen LogP contribution in [-0.4, -0.2) is 6.34 Å². The van der Waals surface area contributed by atoms with Crippen LogP contribution in [0, 0.1) is 6.92 Å². The van der Waals surface area contributed by atoms with Crippen LogP contribution in [0.4, 0.5) is 0 Å². The van der Waals surface area contributed by atoms with Crippen LogP contribution >= 0.6 is 11.3 Å². The minimum Gasteiger partial charge on any atom is -0.353 e. The molecule has 2 nitrogen and oxygen atoms in total. The Labute approximate surface area is 75.6 Å². The molecule has 3 heteroatoms. The van der Waals surface area contributed by atoms with Gasteiger partial charge in [-0.25, -0.2) is 0 Å². The van der Waals surface area contributed by atoms with Crippen LogP contribution in [0.15, 0.2) is 28.7 Å². The zero-order valence-corrected chi connectivity index (χ0v) is 7.64. The third-order valence-electron chi connectivity index (χ3n) is 1.90. The normalized spacial score (nSPS) is 20.9. The summed E-state index contributed by atoms with van der Waals surface area (Å²) in [6.45, 7) is 2.13. The number of thiophene rings is 1. The van der Waals surface area contributed by atoms with Crippen LogP contribution < -0.4 is 5.32 Å². The molecule has 2 rings (SSSR count). The molecule has 1 aromatic rings. The fourth-order valence-corrected chi connectivity index (χ4v) is 1.99. The number of hydrogen-bond donors (Lipinski definition) is 1. The molecule has 0 fully saturated rings. The van der Waals surface area contributed by atoms with Crippen LogP contribution in [-0.2, 0) is 0 Å². The summed E-state index contributed by atoms with van der Waals surface area (Å²) in [6, 6.07) is 2.36. The van der Waals surface area contributed by atoms with E-state index >= 15 is 0 Å². The first-order valence-corrected chi connectivity index (χ1v) is 4.74. The lowest BCUT2D eigenvalue weighted by molar-refractivity contribution is 0.882. The highest BCUT2D eigenvalue weighted by molar-refractivity contribution is 7.10. The van der Waals surface area contributed by atoms with Crippen molar-refractivity contribution in [1.29, 1.82) is 0 Å². The molecule has 0 amide bonds. The minimum atomic E-state index is 0.220. The smallest absolute Gasteiger partial charge is 0.0975 e. The highest BCUT2D eigenvalue weighted by atomic mass is 32.1. The Hall–Kier alpha value is -1.09. The van der Waals surface area contributed by atoms with Crippen molar-refractivity contribution >= 4 is 17.7 Å². The van der Waals surface area contributed by atoms with Crippen LogP contribution in [0.5, 0.6) is 0 Å². The second-order valence-corrected chi connectivity index (χ2v) is 3.80. The summed E-state index contributed by atoms with van der Waals surface area (Å²) in [5, 5.41) is 5.03. The fourth-order valence-electron chi connectivity index (χ4n) is 1.25. The van der Waals surface area contributed by atoms with Gasteiger partial charge in [0.05, 0.1) is 12.4 Å². The van der Waals surface area contributed by atoms with Gasteiger partial charge in [0, 0.05) is 11.1 Å². The predicted molar refractivity (Wildman–Crippen MR) is 52.6 cm³/mol. The van der Waals surface area contributed by atoms with Gasteiger partial charge in [0.2, 0.25) is 0 Å². The number of nitrogens with one attached hydrogen (secondary N) is 1. The van der Waals surface area contributed by atoms with Gasteiger partial charge in [0.25, 0.3) is 0 Å². The van der Waals surface area contributed by atoms with E-state index in [1.807, 2.05) is 6.20 Å². The first kappa shape index (κ1) is 7.55. The summed E-state index contributed by atoms with van der Waals surface area (Å²) in [5.41, 5.74) is 1.31. The van der Waals surface area contributed by atoms with Gasteiger partial charge in [0.15, 0.2) is 0 Å². The van der Waals surface area contributed by atoms with E-state index in [0.717, 1.165) is 0 Å². The SMILES string of the molecule is Cc1sccc1[C@@H]1C=CNC=N1. The van der Waals surface area contributed by atoms with Crippen molar-refractivity contribution in [3.8, 4) is 0 Å². The molecular weight excluding hydrogens is 168 g/mol. The average Bonchev–Trinajstić information content (AvgIpc) is 2.53. The number of nitrogens with zero attached hydrogens (tertiary/aromatic N) is 1. The first-order valence-electron chi connectivity index (χ1n) is 3.86. The van der Waals surface area contributed by atoms with Crippen molar-refractivity contribution in [3.63, 3.8) is 0 Å². The van der Waals surface area contributed by atoms with Crippen molar-refractivity contribution in [2.75, 3.05) is 0 Å². The summed E-state index contributed by atoms with van der Waals surface area (Å²) < 4.78 is 0. The number of aryl methyl sites for hydroxylation is 1. The van der Waals surface area contributed by atoms with Crippen LogP contribution in [0.3, 0.4) is 0 Å². The van der Waals surface area contributed by atoms with Crippen LogP contribution in [0.2, 0.25) is 0 Å². The quantitative estimate of drug-likeness (QED) is 0.700. The van der Waals surface area contributed by atoms with E-state index in [-0.39, 0.29) is 6.04 Å². The monoisotopic (exact) mass is 178 g/mol. The van der Waals surface area contributed by atoms with Gasteiger partial charge < -0.3 is 5.32 Å². The molecule has 0 radical (unpaired) electrons. The summed E-state index contributed by atoms with van der Waals surface area (Å²) in [4.78, 5) is 5.67. The van der Waals surface area contributed by atoms with Crippen molar-refractivity contribution in [1.82, 2.24) is 5.32 Å². The van der Waals surface area contributed by atoms with Gasteiger partial charge in [-0.3, -0.25) is 4.99 Å². The lowest BCUT2D eigenvalue weighted by Gasteiger charge is -2.10. The molecule has 12 heavy (non-hydrogen) atoms. The Morgan fingerprint density at radius 3 is 3.08 bits per heavy atom. The second kappa shape index (κ2) is 3.11. The van der Waals surface area contributed by atoms with E-state index in [1.54, 1.807) is 17.7 Å². The van der Waals surface area contributed by atoms with E-state index in [0.29, 0.717) is 0 Å². The third kappa shape index (κ3) is 1.28. The van der Waals surface area contributed by atoms with E-state index in [2.05, 4.69) is 34.8 Å². The van der Waals surface area contributed by atoms with Gasteiger partial charge >= 0.3 is 0 Å². The van der Waals surface area contributed by atoms with Crippen LogP contribution in [0.25, 0.3) is 0 Å². The lowest BCUT2D eigenvalue weighted by Crippen LogP contribution is -2.08. The molecule has 2 heterocycles. The Morgan fingerprint density at radius 1 is 1.58 bits per heavy atom. The maximum absolute atomic E-state index is 4.32. The number of aliphatic imine (C=N–C) groups is 1. The zero-order chi connectivity index (χ0) is 8.39. The Balaban J connectivity index is 2.30. The second-order valence-electron chi connectivity index (χ2n) is 2.68. The van der Waals surface area contributed by atoms with Crippen molar-refractivity contribution < 1.29 is 0 Å². The summed E-state index contributed by atoms with van der Waals surface area (Å²) in [6.07, 6.45) is 5.73. The van der Waals surface area contributed by atoms with Crippen molar-refractivity contribution in [2.24, 2.45) is 4.99 Å². The summed E-state index contributed by atoms with van der Waals surface area (Å²) in [7, 11) is 0. The Morgan fingerprint density at radius 2 is 2.50 bits per heavy atom. The molecule has 1 N–H and O–H groups in total. The lowest BCUT2D eigenvalue weighted by atomic mass is 10.1. The minimum absolute atomic E-state index is 0.220. The largest absolute Gasteiger partial charge is 0.353 e. The predicted octanol–water partition coefficient (Wildman–Crippen LogP) is 2.24. The maximum atomic E-state index is 4.32. The molecule has 0 unspecified atom stereocenters. The summed E-state index contributed by atoms with van der Waals surface area (Å²) >= 11 is 1.77.